The highest BCUT2D eigenvalue weighted by atomic mass is 127. The Kier molecular flexibility index (Phi) is 3.01. The van der Waals surface area contributed by atoms with Gasteiger partial charge in [-0.05, 0) is 42.2 Å². The van der Waals surface area contributed by atoms with Gasteiger partial charge < -0.3 is 0 Å². The molecule has 0 spiro atoms. The van der Waals surface area contributed by atoms with Crippen molar-refractivity contribution in [1.29, 1.82) is 0 Å². The number of nitrogens with zero attached hydrogens (tertiary/aromatic N) is 1. The van der Waals surface area contributed by atoms with Crippen LogP contribution >= 0.6 is 34.5 Å². The first-order valence-electron chi connectivity index (χ1n) is 5.58. The summed E-state index contributed by atoms with van der Waals surface area (Å²) in [4.78, 5) is 0. The van der Waals surface area contributed by atoms with Crippen molar-refractivity contribution in [3.8, 4) is 0 Å². The number of hydrogen-bond donors (Lipinski definition) is 0. The molecular weight excluding hydrogens is 345 g/mol. The average molecular weight is 356 g/mol. The van der Waals surface area contributed by atoms with Crippen molar-refractivity contribution in [2.45, 2.75) is 12.8 Å². The second-order valence-electron chi connectivity index (χ2n) is 4.18. The van der Waals surface area contributed by atoms with Gasteiger partial charge in [0.15, 0.2) is 0 Å². The molecule has 0 saturated carbocycles. The first kappa shape index (κ1) is 11.4. The highest BCUT2D eigenvalue weighted by Gasteiger charge is 2.18. The van der Waals surface area contributed by atoms with Gasteiger partial charge in [0.1, 0.15) is 0 Å². The maximum absolute atomic E-state index is 6.09. The van der Waals surface area contributed by atoms with E-state index in [0.717, 1.165) is 17.9 Å². The Morgan fingerprint density at radius 2 is 1.65 bits per heavy atom. The van der Waals surface area contributed by atoms with Gasteiger partial charge in [-0.15, -0.1) is 0 Å². The fourth-order valence-corrected chi connectivity index (χ4v) is 3.33. The van der Waals surface area contributed by atoms with E-state index in [4.69, 9.17) is 11.6 Å². The van der Waals surface area contributed by atoms with E-state index >= 15 is 0 Å². The lowest BCUT2D eigenvalue weighted by molar-refractivity contribution is 0.977. The van der Waals surface area contributed by atoms with Gasteiger partial charge >= 0.3 is 0 Å². The van der Waals surface area contributed by atoms with Gasteiger partial charge in [0.2, 0.25) is 0 Å². The summed E-state index contributed by atoms with van der Waals surface area (Å²) in [6, 6.07) is 14.7. The Bertz CT molecular complexity index is 568. The number of hydrogen-bond acceptors (Lipinski definition) is 1. The molecule has 0 fully saturated rings. The van der Waals surface area contributed by atoms with Crippen LogP contribution in [0.3, 0.4) is 0 Å². The molecule has 0 atom stereocenters. The minimum atomic E-state index is 0.796. The number of benzene rings is 2. The molecule has 1 nitrogen and oxygen atoms in total. The minimum absolute atomic E-state index is 0.796. The Balaban J connectivity index is 2.18. The second kappa shape index (κ2) is 4.50. The highest BCUT2D eigenvalue weighted by molar-refractivity contribution is 14.1. The summed E-state index contributed by atoms with van der Waals surface area (Å²) in [6.07, 6.45) is 2.16. The molecule has 0 amide bonds. The predicted molar refractivity (Wildman–Crippen MR) is 81.5 cm³/mol. The summed E-state index contributed by atoms with van der Waals surface area (Å²) in [6.45, 7) is 0. The molecule has 1 heterocycles. The van der Waals surface area contributed by atoms with Crippen molar-refractivity contribution in [3.05, 3.63) is 58.6 Å². The zero-order valence-corrected chi connectivity index (χ0v) is 12.1. The van der Waals surface area contributed by atoms with E-state index in [1.165, 1.54) is 22.5 Å². The summed E-state index contributed by atoms with van der Waals surface area (Å²) in [5.74, 6) is 0. The topological polar surface area (TPSA) is 3.24 Å². The van der Waals surface area contributed by atoms with E-state index in [1.807, 2.05) is 12.1 Å². The molecule has 3 heteroatoms. The number of rotatable bonds is 0. The van der Waals surface area contributed by atoms with Crippen LogP contribution in [-0.2, 0) is 12.8 Å². The smallest absolute Gasteiger partial charge is 0.0646 e. The summed E-state index contributed by atoms with van der Waals surface area (Å²) in [5.41, 5.74) is 5.24. The van der Waals surface area contributed by atoms with E-state index in [9.17, 15) is 0 Å². The van der Waals surface area contributed by atoms with Gasteiger partial charge in [0, 0.05) is 5.02 Å². The van der Waals surface area contributed by atoms with Gasteiger partial charge in [-0.1, -0.05) is 35.9 Å². The highest BCUT2D eigenvalue weighted by Crippen LogP contribution is 2.39. The van der Waals surface area contributed by atoms with Gasteiger partial charge in [-0.25, -0.2) is 0 Å². The maximum Gasteiger partial charge on any atom is 0.0646 e. The molecule has 0 unspecified atom stereocenters. The Morgan fingerprint density at radius 3 is 2.47 bits per heavy atom. The van der Waals surface area contributed by atoms with E-state index < -0.39 is 0 Å². The predicted octanol–water partition coefficient (Wildman–Crippen LogP) is 4.93. The van der Waals surface area contributed by atoms with Crippen LogP contribution < -0.4 is 3.11 Å². The van der Waals surface area contributed by atoms with Gasteiger partial charge in [0.25, 0.3) is 0 Å². The molecule has 17 heavy (non-hydrogen) atoms. The average Bonchev–Trinajstić information content (AvgIpc) is 2.49. The van der Waals surface area contributed by atoms with Crippen LogP contribution in [0.15, 0.2) is 42.5 Å². The standard InChI is InChI=1S/C14H11ClIN/c15-12-8-7-11-6-5-10-3-1-2-4-13(10)17(16)14(11)9-12/h1-4,7-9H,5-6H2. The molecule has 0 N–H and O–H groups in total. The van der Waals surface area contributed by atoms with Crippen LogP contribution in [0.25, 0.3) is 0 Å². The Labute approximate surface area is 120 Å². The van der Waals surface area contributed by atoms with Gasteiger partial charge in [-0.3, -0.25) is 3.11 Å². The number of anilines is 2. The van der Waals surface area contributed by atoms with Crippen LogP contribution in [0.4, 0.5) is 11.4 Å². The molecule has 86 valence electrons. The lowest BCUT2D eigenvalue weighted by Gasteiger charge is -2.19. The molecule has 1 aliphatic heterocycles. The Hall–Kier alpha value is -0.740. The molecule has 0 aliphatic carbocycles. The third kappa shape index (κ3) is 2.04. The van der Waals surface area contributed by atoms with Crippen LogP contribution in [0.5, 0.6) is 0 Å². The van der Waals surface area contributed by atoms with E-state index in [1.54, 1.807) is 0 Å². The van der Waals surface area contributed by atoms with E-state index in [0.29, 0.717) is 0 Å². The third-order valence-corrected chi connectivity index (χ3v) is 4.40. The minimum Gasteiger partial charge on any atom is -0.282 e. The fraction of sp³-hybridized carbons (Fsp3) is 0.143. The first-order chi connectivity index (χ1) is 8.25. The molecule has 0 bridgehead atoms. The maximum atomic E-state index is 6.09. The van der Waals surface area contributed by atoms with Crippen LogP contribution in [0.2, 0.25) is 5.02 Å². The van der Waals surface area contributed by atoms with Crippen LogP contribution in [0, 0.1) is 0 Å². The van der Waals surface area contributed by atoms with Gasteiger partial charge in [0.05, 0.1) is 34.2 Å². The summed E-state index contributed by atoms with van der Waals surface area (Å²) in [7, 11) is 0. The van der Waals surface area contributed by atoms with Gasteiger partial charge in [-0.2, -0.15) is 0 Å². The molecule has 3 rings (SSSR count). The zero-order chi connectivity index (χ0) is 11.8. The molecule has 0 aromatic heterocycles. The lowest BCUT2D eigenvalue weighted by atomic mass is 10.0. The summed E-state index contributed by atoms with van der Waals surface area (Å²) >= 11 is 8.45. The number of halogens is 2. The SMILES string of the molecule is Clc1ccc2c(c1)N(I)c1ccccc1CC2. The van der Waals surface area contributed by atoms with Crippen molar-refractivity contribution < 1.29 is 0 Å². The first-order valence-corrected chi connectivity index (χ1v) is 6.92. The molecule has 0 radical (unpaired) electrons. The van der Waals surface area contributed by atoms with Crippen molar-refractivity contribution in [2.24, 2.45) is 0 Å². The van der Waals surface area contributed by atoms with E-state index in [2.05, 4.69) is 56.3 Å². The third-order valence-electron chi connectivity index (χ3n) is 3.13. The fourth-order valence-electron chi connectivity index (χ4n) is 2.24. The van der Waals surface area contributed by atoms with Crippen LogP contribution in [-0.4, -0.2) is 0 Å². The van der Waals surface area contributed by atoms with Crippen molar-refractivity contribution in [3.63, 3.8) is 0 Å². The van der Waals surface area contributed by atoms with Crippen molar-refractivity contribution >= 4 is 45.8 Å². The van der Waals surface area contributed by atoms with E-state index in [-0.39, 0.29) is 0 Å². The lowest BCUT2D eigenvalue weighted by Crippen LogP contribution is -2.02. The molecule has 2 aromatic carbocycles. The monoisotopic (exact) mass is 355 g/mol. The summed E-state index contributed by atoms with van der Waals surface area (Å²) in [5, 5.41) is 0.796. The molecule has 0 saturated heterocycles. The van der Waals surface area contributed by atoms with Crippen molar-refractivity contribution in [1.82, 2.24) is 0 Å². The normalized spacial score (nSPS) is 13.9. The van der Waals surface area contributed by atoms with Crippen LogP contribution in [0.1, 0.15) is 11.1 Å². The second-order valence-corrected chi connectivity index (χ2v) is 5.58. The number of aryl methyl sites for hydroxylation is 2. The molecular formula is C14H11ClIN. The Morgan fingerprint density at radius 1 is 0.941 bits per heavy atom. The quantitative estimate of drug-likeness (QED) is 0.478. The number of para-hydroxylation sites is 1. The summed E-state index contributed by atoms with van der Waals surface area (Å²) < 4.78 is 2.21. The zero-order valence-electron chi connectivity index (χ0n) is 9.16. The largest absolute Gasteiger partial charge is 0.282 e. The van der Waals surface area contributed by atoms with Crippen molar-refractivity contribution in [2.75, 3.05) is 3.11 Å². The molecule has 2 aromatic rings. The molecule has 1 aliphatic rings. The number of fused-ring (bicyclic) bond motifs is 2.